The van der Waals surface area contributed by atoms with E-state index in [9.17, 15) is 4.79 Å². The number of amides is 1. The van der Waals surface area contributed by atoms with Gasteiger partial charge in [-0.2, -0.15) is 0 Å². The van der Waals surface area contributed by atoms with Gasteiger partial charge < -0.3 is 16.0 Å². The van der Waals surface area contributed by atoms with E-state index in [1.54, 1.807) is 12.3 Å². The molecule has 1 atom stereocenters. The summed E-state index contributed by atoms with van der Waals surface area (Å²) in [7, 11) is 0. The van der Waals surface area contributed by atoms with Gasteiger partial charge >= 0.3 is 0 Å². The van der Waals surface area contributed by atoms with Gasteiger partial charge in [-0.15, -0.1) is 0 Å². The molecule has 27 heavy (non-hydrogen) atoms. The van der Waals surface area contributed by atoms with Crippen molar-refractivity contribution < 1.29 is 4.79 Å². The number of pyridine rings is 1. The maximum Gasteiger partial charge on any atom is 0.252 e. The Labute approximate surface area is 166 Å². The molecule has 4 saturated carbocycles. The second-order valence-electron chi connectivity index (χ2n) is 9.37. The zero-order chi connectivity index (χ0) is 18.4. The van der Waals surface area contributed by atoms with Crippen LogP contribution in [-0.4, -0.2) is 37.1 Å². The molecule has 5 aliphatic rings. The van der Waals surface area contributed by atoms with Gasteiger partial charge in [0, 0.05) is 32.4 Å². The van der Waals surface area contributed by atoms with Crippen molar-refractivity contribution in [2.75, 3.05) is 26.2 Å². The first-order valence-corrected chi connectivity index (χ1v) is 10.9. The quantitative estimate of drug-likeness (QED) is 0.742. The fraction of sp³-hybridized carbons (Fsp3) is 0.714. The number of rotatable bonds is 4. The summed E-state index contributed by atoms with van der Waals surface area (Å²) in [5.41, 5.74) is 1.66. The zero-order valence-electron chi connectivity index (χ0n) is 15.8. The molecule has 1 aromatic rings. The van der Waals surface area contributed by atoms with Crippen molar-refractivity contribution in [3.05, 3.63) is 28.5 Å². The van der Waals surface area contributed by atoms with E-state index in [0.717, 1.165) is 49.6 Å². The molecule has 1 aromatic heterocycles. The number of piperazine rings is 1. The summed E-state index contributed by atoms with van der Waals surface area (Å²) in [6.07, 6.45) is 9.88. The molecule has 0 radical (unpaired) electrons. The molecule has 3 N–H and O–H groups in total. The first-order chi connectivity index (χ1) is 13.1. The smallest absolute Gasteiger partial charge is 0.252 e. The average Bonchev–Trinajstić information content (AvgIpc) is 2.66. The van der Waals surface area contributed by atoms with Crippen molar-refractivity contribution in [3.8, 4) is 0 Å². The maximum atomic E-state index is 12.9. The molecule has 0 spiro atoms. The Kier molecular flexibility index (Phi) is 4.65. The molecule has 6 rings (SSSR count). The molecule has 5 nitrogen and oxygen atoms in total. The second-order valence-corrected chi connectivity index (χ2v) is 9.75. The van der Waals surface area contributed by atoms with Gasteiger partial charge in [-0.1, -0.05) is 11.6 Å². The van der Waals surface area contributed by atoms with E-state index < -0.39 is 0 Å². The highest BCUT2D eigenvalue weighted by Gasteiger charge is 2.50. The predicted octanol–water partition coefficient (Wildman–Crippen LogP) is 2.92. The van der Waals surface area contributed by atoms with E-state index in [1.165, 1.54) is 38.5 Å². The lowest BCUT2D eigenvalue weighted by Gasteiger charge is -2.56. The third-order valence-electron chi connectivity index (χ3n) is 7.32. The first-order valence-electron chi connectivity index (χ1n) is 10.5. The standard InChI is InChI=1S/C21H29ClN4O/c22-18-16(1-2-25-19(18)17-11-23-3-4-24-17)20(27)26-12-21-8-13-5-14(9-21)7-15(6-13)10-21/h1-2,13-15,17,23-24H,3-12H2,(H,26,27). The molecular weight excluding hydrogens is 360 g/mol. The SMILES string of the molecule is O=C(NCC12CC3CC(CC(C3)C1)C2)c1ccnc(C2CNCCN2)c1Cl. The van der Waals surface area contributed by atoms with Crippen LogP contribution in [0.3, 0.4) is 0 Å². The average molecular weight is 389 g/mol. The highest BCUT2D eigenvalue weighted by atomic mass is 35.5. The third kappa shape index (κ3) is 3.39. The van der Waals surface area contributed by atoms with Gasteiger partial charge in [-0.3, -0.25) is 9.78 Å². The summed E-state index contributed by atoms with van der Waals surface area (Å²) in [5.74, 6) is 2.64. The lowest BCUT2D eigenvalue weighted by atomic mass is 9.49. The zero-order valence-corrected chi connectivity index (χ0v) is 16.5. The molecule has 4 bridgehead atoms. The van der Waals surface area contributed by atoms with Gasteiger partial charge in [-0.25, -0.2) is 0 Å². The van der Waals surface area contributed by atoms with Gasteiger partial charge in [0.2, 0.25) is 0 Å². The van der Waals surface area contributed by atoms with Crippen LogP contribution in [0.25, 0.3) is 0 Å². The van der Waals surface area contributed by atoms with Crippen LogP contribution < -0.4 is 16.0 Å². The molecule has 0 aromatic carbocycles. The van der Waals surface area contributed by atoms with Crippen molar-refractivity contribution in [1.29, 1.82) is 0 Å². The largest absolute Gasteiger partial charge is 0.351 e. The van der Waals surface area contributed by atoms with E-state index >= 15 is 0 Å². The van der Waals surface area contributed by atoms with E-state index in [2.05, 4.69) is 20.9 Å². The van der Waals surface area contributed by atoms with Crippen molar-refractivity contribution in [3.63, 3.8) is 0 Å². The van der Waals surface area contributed by atoms with Crippen LogP contribution in [0.4, 0.5) is 0 Å². The van der Waals surface area contributed by atoms with Crippen molar-refractivity contribution in [2.45, 2.75) is 44.6 Å². The lowest BCUT2D eigenvalue weighted by molar-refractivity contribution is -0.0503. The minimum Gasteiger partial charge on any atom is -0.351 e. The van der Waals surface area contributed by atoms with Crippen LogP contribution in [0.15, 0.2) is 12.3 Å². The summed E-state index contributed by atoms with van der Waals surface area (Å²) < 4.78 is 0. The highest BCUT2D eigenvalue weighted by Crippen LogP contribution is 2.59. The van der Waals surface area contributed by atoms with Gasteiger partial charge in [0.1, 0.15) is 0 Å². The minimum absolute atomic E-state index is 0.0526. The molecule has 1 saturated heterocycles. The molecule has 6 heteroatoms. The van der Waals surface area contributed by atoms with Gasteiger partial charge in [0.25, 0.3) is 5.91 Å². The molecule has 1 aliphatic heterocycles. The molecule has 1 amide bonds. The van der Waals surface area contributed by atoms with E-state index in [4.69, 9.17) is 11.6 Å². The Balaban J connectivity index is 1.29. The van der Waals surface area contributed by atoms with Crippen LogP contribution in [-0.2, 0) is 0 Å². The van der Waals surface area contributed by atoms with Crippen LogP contribution in [0.2, 0.25) is 5.02 Å². The summed E-state index contributed by atoms with van der Waals surface area (Å²) in [6.45, 7) is 3.40. The van der Waals surface area contributed by atoms with E-state index in [0.29, 0.717) is 16.0 Å². The van der Waals surface area contributed by atoms with Gasteiger partial charge in [0.05, 0.1) is 22.3 Å². The minimum atomic E-state index is -0.0526. The number of nitrogens with one attached hydrogen (secondary N) is 3. The number of hydrogen-bond donors (Lipinski definition) is 3. The van der Waals surface area contributed by atoms with Crippen LogP contribution in [0.5, 0.6) is 0 Å². The topological polar surface area (TPSA) is 66.0 Å². The number of halogens is 1. The lowest BCUT2D eigenvalue weighted by Crippen LogP contribution is -2.51. The van der Waals surface area contributed by atoms with Crippen molar-refractivity contribution in [1.82, 2.24) is 20.9 Å². The first kappa shape index (κ1) is 17.9. The van der Waals surface area contributed by atoms with E-state index in [-0.39, 0.29) is 11.9 Å². The Hall–Kier alpha value is -1.17. The van der Waals surface area contributed by atoms with Gasteiger partial charge in [0.15, 0.2) is 0 Å². The third-order valence-corrected chi connectivity index (χ3v) is 7.72. The number of carbonyl (C=O) groups excluding carboxylic acids is 1. The monoisotopic (exact) mass is 388 g/mol. The Morgan fingerprint density at radius 3 is 2.52 bits per heavy atom. The number of carbonyl (C=O) groups is 1. The van der Waals surface area contributed by atoms with Crippen LogP contribution in [0.1, 0.15) is 60.6 Å². The Morgan fingerprint density at radius 2 is 1.89 bits per heavy atom. The number of aromatic nitrogens is 1. The summed E-state index contributed by atoms with van der Waals surface area (Å²) >= 11 is 6.60. The van der Waals surface area contributed by atoms with Gasteiger partial charge in [-0.05, 0) is 67.8 Å². The Bertz CT molecular complexity index is 696. The number of hydrogen-bond acceptors (Lipinski definition) is 4. The number of nitrogens with zero attached hydrogens (tertiary/aromatic N) is 1. The summed E-state index contributed by atoms with van der Waals surface area (Å²) in [4.78, 5) is 17.4. The maximum absolute atomic E-state index is 12.9. The second kappa shape index (κ2) is 7.02. The molecular formula is C21H29ClN4O. The molecule has 146 valence electrons. The highest BCUT2D eigenvalue weighted by molar-refractivity contribution is 6.34. The molecule has 5 fully saturated rings. The summed E-state index contributed by atoms with van der Waals surface area (Å²) in [5, 5.41) is 10.5. The fourth-order valence-electron chi connectivity index (χ4n) is 6.59. The van der Waals surface area contributed by atoms with Crippen LogP contribution in [0, 0.1) is 23.2 Å². The van der Waals surface area contributed by atoms with Crippen LogP contribution >= 0.6 is 11.6 Å². The Morgan fingerprint density at radius 1 is 1.19 bits per heavy atom. The fourth-order valence-corrected chi connectivity index (χ4v) is 6.92. The molecule has 1 unspecified atom stereocenters. The normalized spacial score (nSPS) is 37.4. The van der Waals surface area contributed by atoms with Crippen molar-refractivity contribution in [2.24, 2.45) is 23.2 Å². The van der Waals surface area contributed by atoms with Crippen molar-refractivity contribution >= 4 is 17.5 Å². The molecule has 4 aliphatic carbocycles. The predicted molar refractivity (Wildman–Crippen MR) is 106 cm³/mol. The molecule has 2 heterocycles. The van der Waals surface area contributed by atoms with E-state index in [1.807, 2.05) is 0 Å². The summed E-state index contributed by atoms with van der Waals surface area (Å²) in [6, 6.07) is 1.80.